The predicted molar refractivity (Wildman–Crippen MR) is 56.3 cm³/mol. The fraction of sp³-hybridized carbons (Fsp3) is 0. The summed E-state index contributed by atoms with van der Waals surface area (Å²) in [4.78, 5) is 0. The van der Waals surface area contributed by atoms with Crippen LogP contribution in [0.25, 0.3) is 10.1 Å². The minimum atomic E-state index is 0.622. The van der Waals surface area contributed by atoms with Gasteiger partial charge >= 0.3 is 0 Å². The van der Waals surface area contributed by atoms with E-state index in [-0.39, 0.29) is 0 Å². The van der Waals surface area contributed by atoms with Gasteiger partial charge in [0, 0.05) is 15.8 Å². The second-order valence-electron chi connectivity index (χ2n) is 2.45. The van der Waals surface area contributed by atoms with Gasteiger partial charge in [-0.2, -0.15) is 0 Å². The Kier molecular flexibility index (Phi) is 1.91. The van der Waals surface area contributed by atoms with Crippen molar-refractivity contribution in [3.8, 4) is 0 Å². The quantitative estimate of drug-likeness (QED) is 0.669. The van der Waals surface area contributed by atoms with Crippen molar-refractivity contribution in [3.63, 3.8) is 0 Å². The lowest BCUT2D eigenvalue weighted by Crippen LogP contribution is -1.80. The Morgan fingerprint density at radius 1 is 1.25 bits per heavy atom. The molecule has 2 N–H and O–H groups in total. The van der Waals surface area contributed by atoms with Crippen LogP contribution in [0.1, 0.15) is 0 Å². The van der Waals surface area contributed by atoms with Gasteiger partial charge in [0.1, 0.15) is 4.34 Å². The molecule has 0 fully saturated rings. The number of thiophene rings is 1. The van der Waals surface area contributed by atoms with Gasteiger partial charge in [0.05, 0.1) is 5.02 Å². The monoisotopic (exact) mass is 217 g/mol. The van der Waals surface area contributed by atoms with Crippen LogP contribution in [0.4, 0.5) is 5.69 Å². The number of rotatable bonds is 0. The Bertz CT molecular complexity index is 436. The predicted octanol–water partition coefficient (Wildman–Crippen LogP) is 3.79. The second-order valence-corrected chi connectivity index (χ2v) is 4.48. The van der Waals surface area contributed by atoms with Crippen molar-refractivity contribution in [1.29, 1.82) is 0 Å². The molecule has 0 radical (unpaired) electrons. The third-order valence-corrected chi connectivity index (χ3v) is 3.58. The molecular weight excluding hydrogens is 213 g/mol. The van der Waals surface area contributed by atoms with E-state index in [1.54, 1.807) is 0 Å². The van der Waals surface area contributed by atoms with Gasteiger partial charge in [0.2, 0.25) is 0 Å². The molecular formula is C8H5Cl2NS. The summed E-state index contributed by atoms with van der Waals surface area (Å²) in [5, 5.41) is 1.59. The molecule has 0 aliphatic rings. The average molecular weight is 218 g/mol. The van der Waals surface area contributed by atoms with Crippen LogP contribution >= 0.6 is 34.5 Å². The molecule has 4 heteroatoms. The van der Waals surface area contributed by atoms with Gasteiger partial charge in [-0.05, 0) is 18.2 Å². The fourth-order valence-corrected chi connectivity index (χ4v) is 2.61. The van der Waals surface area contributed by atoms with Crippen LogP contribution in [-0.4, -0.2) is 0 Å². The first kappa shape index (κ1) is 8.17. The maximum absolute atomic E-state index is 5.93. The summed E-state index contributed by atoms with van der Waals surface area (Å²) in [5.74, 6) is 0. The van der Waals surface area contributed by atoms with Gasteiger partial charge < -0.3 is 5.73 Å². The van der Waals surface area contributed by atoms with Crippen LogP contribution in [0, 0.1) is 0 Å². The van der Waals surface area contributed by atoms with Crippen LogP contribution in [0.2, 0.25) is 9.36 Å². The highest BCUT2D eigenvalue weighted by Crippen LogP contribution is 2.39. The van der Waals surface area contributed by atoms with Crippen LogP contribution in [0.3, 0.4) is 0 Å². The van der Waals surface area contributed by atoms with Crippen molar-refractivity contribution in [3.05, 3.63) is 27.6 Å². The topological polar surface area (TPSA) is 26.0 Å². The molecule has 0 amide bonds. The van der Waals surface area contributed by atoms with Crippen LogP contribution in [0.15, 0.2) is 18.2 Å². The first-order chi connectivity index (χ1) is 5.68. The summed E-state index contributed by atoms with van der Waals surface area (Å²) in [5.41, 5.74) is 6.34. The summed E-state index contributed by atoms with van der Waals surface area (Å²) >= 11 is 13.2. The molecule has 1 aromatic carbocycles. The van der Waals surface area contributed by atoms with Gasteiger partial charge in [0.15, 0.2) is 0 Å². The van der Waals surface area contributed by atoms with Gasteiger partial charge in [0.25, 0.3) is 0 Å². The maximum Gasteiger partial charge on any atom is 0.113 e. The lowest BCUT2D eigenvalue weighted by Gasteiger charge is -1.91. The van der Waals surface area contributed by atoms with E-state index in [4.69, 9.17) is 28.9 Å². The SMILES string of the molecule is Nc1ccc2c(Cl)c(Cl)sc2c1. The normalized spacial score (nSPS) is 10.8. The Labute approximate surface area is 83.7 Å². The van der Waals surface area contributed by atoms with E-state index in [2.05, 4.69) is 0 Å². The third-order valence-electron chi connectivity index (χ3n) is 1.61. The smallest absolute Gasteiger partial charge is 0.113 e. The Morgan fingerprint density at radius 3 is 2.75 bits per heavy atom. The van der Waals surface area contributed by atoms with Crippen LogP contribution in [-0.2, 0) is 0 Å². The van der Waals surface area contributed by atoms with Crippen molar-refractivity contribution in [2.24, 2.45) is 0 Å². The van der Waals surface area contributed by atoms with E-state index in [1.807, 2.05) is 18.2 Å². The summed E-state index contributed by atoms with van der Waals surface area (Å²) in [6.45, 7) is 0. The molecule has 1 heterocycles. The molecule has 0 unspecified atom stereocenters. The number of fused-ring (bicyclic) bond motifs is 1. The van der Waals surface area contributed by atoms with Crippen molar-refractivity contribution in [2.45, 2.75) is 0 Å². The van der Waals surface area contributed by atoms with E-state index in [0.717, 1.165) is 15.8 Å². The highest BCUT2D eigenvalue weighted by Gasteiger charge is 2.07. The molecule has 0 aliphatic heterocycles. The summed E-state index contributed by atoms with van der Waals surface area (Å²) < 4.78 is 1.65. The molecule has 0 spiro atoms. The number of anilines is 1. The Balaban J connectivity index is 2.87. The van der Waals surface area contributed by atoms with Gasteiger partial charge in [-0.25, -0.2) is 0 Å². The molecule has 2 rings (SSSR count). The van der Waals surface area contributed by atoms with Crippen LogP contribution < -0.4 is 5.73 Å². The fourth-order valence-electron chi connectivity index (χ4n) is 1.05. The zero-order valence-electron chi connectivity index (χ0n) is 5.97. The average Bonchev–Trinajstić information content (AvgIpc) is 2.28. The zero-order chi connectivity index (χ0) is 8.72. The maximum atomic E-state index is 5.93. The highest BCUT2D eigenvalue weighted by molar-refractivity contribution is 7.23. The van der Waals surface area contributed by atoms with E-state index >= 15 is 0 Å². The molecule has 12 heavy (non-hydrogen) atoms. The molecule has 1 aromatic heterocycles. The van der Waals surface area contributed by atoms with Crippen LogP contribution in [0.5, 0.6) is 0 Å². The molecule has 0 atom stereocenters. The molecule has 0 bridgehead atoms. The standard InChI is InChI=1S/C8H5Cl2NS/c9-7-5-2-1-4(11)3-6(5)12-8(7)10/h1-3H,11H2. The highest BCUT2D eigenvalue weighted by atomic mass is 35.5. The number of nitrogens with two attached hydrogens (primary N) is 1. The number of halogens is 2. The second kappa shape index (κ2) is 2.80. The minimum Gasteiger partial charge on any atom is -0.399 e. The molecule has 2 aromatic rings. The number of hydrogen-bond acceptors (Lipinski definition) is 2. The Hall–Kier alpha value is -0.440. The van der Waals surface area contributed by atoms with Gasteiger partial charge in [-0.1, -0.05) is 23.2 Å². The number of benzene rings is 1. The van der Waals surface area contributed by atoms with E-state index in [9.17, 15) is 0 Å². The molecule has 0 saturated heterocycles. The largest absolute Gasteiger partial charge is 0.399 e. The first-order valence-corrected chi connectivity index (χ1v) is 4.89. The molecule has 0 saturated carbocycles. The van der Waals surface area contributed by atoms with Crippen molar-refractivity contribution in [1.82, 2.24) is 0 Å². The number of nitrogen functional groups attached to an aromatic ring is 1. The molecule has 0 aliphatic carbocycles. The molecule has 1 nitrogen and oxygen atoms in total. The van der Waals surface area contributed by atoms with E-state index < -0.39 is 0 Å². The van der Waals surface area contributed by atoms with Crippen molar-refractivity contribution < 1.29 is 0 Å². The summed E-state index contributed by atoms with van der Waals surface area (Å²) in [6.07, 6.45) is 0. The summed E-state index contributed by atoms with van der Waals surface area (Å²) in [7, 11) is 0. The summed E-state index contributed by atoms with van der Waals surface area (Å²) in [6, 6.07) is 5.57. The van der Waals surface area contributed by atoms with Gasteiger partial charge in [-0.15, -0.1) is 11.3 Å². The first-order valence-electron chi connectivity index (χ1n) is 3.31. The lowest BCUT2D eigenvalue weighted by atomic mass is 10.2. The van der Waals surface area contributed by atoms with E-state index in [0.29, 0.717) is 9.36 Å². The zero-order valence-corrected chi connectivity index (χ0v) is 8.30. The van der Waals surface area contributed by atoms with Crippen molar-refractivity contribution >= 4 is 50.3 Å². The van der Waals surface area contributed by atoms with E-state index in [1.165, 1.54) is 11.3 Å². The van der Waals surface area contributed by atoms with Gasteiger partial charge in [-0.3, -0.25) is 0 Å². The number of hydrogen-bond donors (Lipinski definition) is 1. The minimum absolute atomic E-state index is 0.622. The Morgan fingerprint density at radius 2 is 2.00 bits per heavy atom. The third kappa shape index (κ3) is 1.16. The molecule has 62 valence electrons. The van der Waals surface area contributed by atoms with Crippen molar-refractivity contribution in [2.75, 3.05) is 5.73 Å². The lowest BCUT2D eigenvalue weighted by molar-refractivity contribution is 1.79.